The van der Waals surface area contributed by atoms with Crippen LogP contribution in [0, 0.1) is 0 Å². The highest BCUT2D eigenvalue weighted by atomic mass is 16.7. The van der Waals surface area contributed by atoms with Gasteiger partial charge < -0.3 is 18.9 Å². The van der Waals surface area contributed by atoms with Gasteiger partial charge in [-0.25, -0.2) is 0 Å². The van der Waals surface area contributed by atoms with E-state index in [2.05, 4.69) is 0 Å². The first-order valence-electron chi connectivity index (χ1n) is 5.51. The molecule has 7 heteroatoms. The van der Waals surface area contributed by atoms with Crippen LogP contribution in [-0.4, -0.2) is 43.0 Å². The van der Waals surface area contributed by atoms with E-state index in [1.54, 1.807) is 0 Å². The standard InChI is InChI=1S/C11H16O7/c1-6(12)15-5-10-9(16-7(2)13)4-11(18-10)17-8(3)14/h9-11H,4-5H2,1-3H3/t9-,10-,11+/m0/s1. The Morgan fingerprint density at radius 2 is 1.67 bits per heavy atom. The average Bonchev–Trinajstić information content (AvgIpc) is 2.55. The lowest BCUT2D eigenvalue weighted by Crippen LogP contribution is -2.31. The summed E-state index contributed by atoms with van der Waals surface area (Å²) in [5.74, 6) is -1.43. The zero-order valence-corrected chi connectivity index (χ0v) is 10.5. The molecule has 7 nitrogen and oxygen atoms in total. The van der Waals surface area contributed by atoms with Gasteiger partial charge in [0.15, 0.2) is 0 Å². The lowest BCUT2D eigenvalue weighted by Gasteiger charge is -2.17. The summed E-state index contributed by atoms with van der Waals surface area (Å²) in [7, 11) is 0. The largest absolute Gasteiger partial charge is 0.463 e. The molecule has 0 aromatic heterocycles. The maximum absolute atomic E-state index is 10.9. The molecule has 0 radical (unpaired) electrons. The lowest BCUT2D eigenvalue weighted by atomic mass is 10.2. The van der Waals surface area contributed by atoms with E-state index < -0.39 is 36.4 Å². The van der Waals surface area contributed by atoms with Crippen LogP contribution in [0.25, 0.3) is 0 Å². The smallest absolute Gasteiger partial charge is 0.304 e. The van der Waals surface area contributed by atoms with Crippen LogP contribution in [-0.2, 0) is 33.3 Å². The van der Waals surface area contributed by atoms with E-state index in [1.807, 2.05) is 0 Å². The minimum atomic E-state index is -0.785. The molecule has 1 aliphatic rings. The predicted octanol–water partition coefficient (Wildman–Crippen LogP) is 0.159. The number of ether oxygens (including phenoxy) is 4. The van der Waals surface area contributed by atoms with Crippen LogP contribution >= 0.6 is 0 Å². The lowest BCUT2D eigenvalue weighted by molar-refractivity contribution is -0.179. The van der Waals surface area contributed by atoms with Gasteiger partial charge in [0.1, 0.15) is 18.8 Å². The molecule has 0 spiro atoms. The maximum Gasteiger partial charge on any atom is 0.304 e. The summed E-state index contributed by atoms with van der Waals surface area (Å²) >= 11 is 0. The summed E-state index contributed by atoms with van der Waals surface area (Å²) in [5, 5.41) is 0. The minimum Gasteiger partial charge on any atom is -0.463 e. The molecule has 0 N–H and O–H groups in total. The van der Waals surface area contributed by atoms with Crippen LogP contribution in [0.15, 0.2) is 0 Å². The molecular formula is C11H16O7. The molecule has 0 unspecified atom stereocenters. The van der Waals surface area contributed by atoms with Crippen molar-refractivity contribution < 1.29 is 33.3 Å². The molecule has 1 heterocycles. The third-order valence-corrected chi connectivity index (χ3v) is 2.23. The second kappa shape index (κ2) is 6.34. The van der Waals surface area contributed by atoms with Crippen molar-refractivity contribution in [3.8, 4) is 0 Å². The van der Waals surface area contributed by atoms with Gasteiger partial charge in [0.05, 0.1) is 6.42 Å². The minimum absolute atomic E-state index is 0.0506. The summed E-state index contributed by atoms with van der Waals surface area (Å²) in [6.07, 6.45) is -1.77. The summed E-state index contributed by atoms with van der Waals surface area (Å²) in [5.41, 5.74) is 0. The average molecular weight is 260 g/mol. The maximum atomic E-state index is 10.9. The zero-order chi connectivity index (χ0) is 13.7. The molecule has 0 aromatic rings. The van der Waals surface area contributed by atoms with Gasteiger partial charge in [0, 0.05) is 20.8 Å². The molecule has 1 rings (SSSR count). The monoisotopic (exact) mass is 260 g/mol. The van der Waals surface area contributed by atoms with Crippen molar-refractivity contribution in [1.82, 2.24) is 0 Å². The molecule has 0 aliphatic carbocycles. The van der Waals surface area contributed by atoms with Crippen LogP contribution in [0.2, 0.25) is 0 Å². The van der Waals surface area contributed by atoms with E-state index in [-0.39, 0.29) is 13.0 Å². The van der Waals surface area contributed by atoms with Crippen molar-refractivity contribution in [2.45, 2.75) is 45.7 Å². The van der Waals surface area contributed by atoms with Gasteiger partial charge in [-0.3, -0.25) is 14.4 Å². The highest BCUT2D eigenvalue weighted by molar-refractivity contribution is 5.67. The number of carbonyl (C=O) groups is 3. The molecule has 0 bridgehead atoms. The molecular weight excluding hydrogens is 244 g/mol. The number of carbonyl (C=O) groups excluding carboxylic acids is 3. The van der Waals surface area contributed by atoms with Crippen molar-refractivity contribution in [1.29, 1.82) is 0 Å². The summed E-state index contributed by atoms with van der Waals surface area (Å²) in [6.45, 7) is 3.73. The SMILES string of the molecule is CC(=O)OC[C@@H]1O[C@@H](OC(C)=O)C[C@@H]1OC(C)=O. The van der Waals surface area contributed by atoms with E-state index in [4.69, 9.17) is 18.9 Å². The number of rotatable bonds is 4. The fourth-order valence-electron chi connectivity index (χ4n) is 1.62. The second-order valence-electron chi connectivity index (χ2n) is 3.90. The first-order valence-corrected chi connectivity index (χ1v) is 5.51. The zero-order valence-electron chi connectivity index (χ0n) is 10.5. The van der Waals surface area contributed by atoms with Gasteiger partial charge in [-0.1, -0.05) is 0 Å². The molecule has 1 aliphatic heterocycles. The van der Waals surface area contributed by atoms with Crippen molar-refractivity contribution in [3.63, 3.8) is 0 Å². The molecule has 102 valence electrons. The first kappa shape index (κ1) is 14.4. The second-order valence-corrected chi connectivity index (χ2v) is 3.90. The Hall–Kier alpha value is -1.63. The Balaban J connectivity index is 2.56. The van der Waals surface area contributed by atoms with Crippen molar-refractivity contribution >= 4 is 17.9 Å². The predicted molar refractivity (Wildman–Crippen MR) is 57.2 cm³/mol. The Morgan fingerprint density at radius 1 is 1.06 bits per heavy atom. The first-order chi connectivity index (χ1) is 8.38. The molecule has 0 aromatic carbocycles. The van der Waals surface area contributed by atoms with Gasteiger partial charge in [-0.15, -0.1) is 0 Å². The fourth-order valence-corrected chi connectivity index (χ4v) is 1.62. The van der Waals surface area contributed by atoms with Gasteiger partial charge in [-0.05, 0) is 0 Å². The quantitative estimate of drug-likeness (QED) is 0.525. The van der Waals surface area contributed by atoms with Crippen LogP contribution in [0.4, 0.5) is 0 Å². The topological polar surface area (TPSA) is 88.1 Å². The van der Waals surface area contributed by atoms with E-state index >= 15 is 0 Å². The number of esters is 3. The summed E-state index contributed by atoms with van der Waals surface area (Å²) in [4.78, 5) is 32.4. The van der Waals surface area contributed by atoms with Gasteiger partial charge in [0.25, 0.3) is 0 Å². The third kappa shape index (κ3) is 4.70. The van der Waals surface area contributed by atoms with Gasteiger partial charge in [-0.2, -0.15) is 0 Å². The Bertz CT molecular complexity index is 338. The molecule has 1 fully saturated rings. The van der Waals surface area contributed by atoms with Gasteiger partial charge >= 0.3 is 17.9 Å². The molecule has 3 atom stereocenters. The summed E-state index contributed by atoms with van der Waals surface area (Å²) < 4.78 is 20.0. The van der Waals surface area contributed by atoms with E-state index in [9.17, 15) is 14.4 Å². The molecule has 18 heavy (non-hydrogen) atoms. The number of hydrogen-bond acceptors (Lipinski definition) is 7. The van der Waals surface area contributed by atoms with E-state index in [1.165, 1.54) is 20.8 Å². The third-order valence-electron chi connectivity index (χ3n) is 2.23. The van der Waals surface area contributed by atoms with Crippen LogP contribution in [0.1, 0.15) is 27.2 Å². The Kier molecular flexibility index (Phi) is 5.08. The van der Waals surface area contributed by atoms with Crippen molar-refractivity contribution in [2.24, 2.45) is 0 Å². The highest BCUT2D eigenvalue weighted by Crippen LogP contribution is 2.24. The molecule has 0 saturated carbocycles. The van der Waals surface area contributed by atoms with Crippen molar-refractivity contribution in [3.05, 3.63) is 0 Å². The van der Waals surface area contributed by atoms with Crippen molar-refractivity contribution in [2.75, 3.05) is 6.61 Å². The Labute approximate surface area is 104 Å². The van der Waals surface area contributed by atoms with Gasteiger partial charge in [0.2, 0.25) is 6.29 Å². The molecule has 0 amide bonds. The van der Waals surface area contributed by atoms with Crippen LogP contribution in [0.3, 0.4) is 0 Å². The fraction of sp³-hybridized carbons (Fsp3) is 0.727. The van der Waals surface area contributed by atoms with E-state index in [0.717, 1.165) is 0 Å². The number of hydrogen-bond donors (Lipinski definition) is 0. The van der Waals surface area contributed by atoms with Crippen LogP contribution in [0.5, 0.6) is 0 Å². The normalized spacial score (nSPS) is 26.5. The molecule has 1 saturated heterocycles. The summed E-state index contributed by atoms with van der Waals surface area (Å²) in [6, 6.07) is 0. The Morgan fingerprint density at radius 3 is 2.17 bits per heavy atom. The van der Waals surface area contributed by atoms with E-state index in [0.29, 0.717) is 0 Å². The van der Waals surface area contributed by atoms with Crippen LogP contribution < -0.4 is 0 Å². The highest BCUT2D eigenvalue weighted by Gasteiger charge is 2.39.